The molecule has 0 unspecified atom stereocenters. The largest absolute Gasteiger partial charge is 0.447 e. The fourth-order valence-electron chi connectivity index (χ4n) is 2.76. The van der Waals surface area contributed by atoms with Gasteiger partial charge in [-0.25, -0.2) is 23.5 Å². The summed E-state index contributed by atoms with van der Waals surface area (Å²) in [5, 5.41) is 6.14. The van der Waals surface area contributed by atoms with Crippen molar-refractivity contribution in [2.75, 3.05) is 0 Å². The lowest BCUT2D eigenvalue weighted by Gasteiger charge is -2.18. The van der Waals surface area contributed by atoms with Crippen molar-refractivity contribution in [1.82, 2.24) is 19.6 Å². The molecule has 7 nitrogen and oxygen atoms in total. The van der Waals surface area contributed by atoms with Gasteiger partial charge in [-0.1, -0.05) is 18.2 Å². The molecule has 0 aliphatic carbocycles. The molecule has 4 aromatic rings. The van der Waals surface area contributed by atoms with Gasteiger partial charge in [-0.3, -0.25) is 4.98 Å². The fraction of sp³-hybridized carbons (Fsp3) is 0.0526. The van der Waals surface area contributed by atoms with E-state index in [1.54, 1.807) is 36.5 Å². The number of H-pyrrole nitrogens is 1. The Kier molecular flexibility index (Phi) is 4.21. The van der Waals surface area contributed by atoms with Crippen molar-refractivity contribution >= 4 is 11.6 Å². The van der Waals surface area contributed by atoms with E-state index in [1.807, 2.05) is 0 Å². The van der Waals surface area contributed by atoms with Gasteiger partial charge >= 0.3 is 11.7 Å². The summed E-state index contributed by atoms with van der Waals surface area (Å²) in [4.78, 5) is 28.7. The van der Waals surface area contributed by atoms with Crippen LogP contribution in [0.5, 0.6) is 0 Å². The molecule has 0 saturated heterocycles. The predicted molar refractivity (Wildman–Crippen MR) is 93.7 cm³/mol. The summed E-state index contributed by atoms with van der Waals surface area (Å²) in [6.45, 7) is 0. The van der Waals surface area contributed by atoms with Crippen LogP contribution in [0.2, 0.25) is 0 Å². The van der Waals surface area contributed by atoms with Crippen LogP contribution in [0.1, 0.15) is 27.7 Å². The van der Waals surface area contributed by atoms with E-state index in [0.717, 1.165) is 0 Å². The second-order valence-electron chi connectivity index (χ2n) is 5.74. The number of aromatic amines is 1. The molecule has 0 spiro atoms. The van der Waals surface area contributed by atoms with Crippen molar-refractivity contribution in [1.29, 1.82) is 0 Å². The van der Waals surface area contributed by atoms with Gasteiger partial charge in [0, 0.05) is 18.0 Å². The van der Waals surface area contributed by atoms with Crippen LogP contribution in [0.4, 0.5) is 4.39 Å². The maximum absolute atomic E-state index is 13.7. The summed E-state index contributed by atoms with van der Waals surface area (Å²) in [5.41, 5.74) is 0.669. The third kappa shape index (κ3) is 3.20. The van der Waals surface area contributed by atoms with Crippen molar-refractivity contribution in [3.63, 3.8) is 0 Å². The van der Waals surface area contributed by atoms with E-state index in [-0.39, 0.29) is 11.2 Å². The Morgan fingerprint density at radius 1 is 1.15 bits per heavy atom. The summed E-state index contributed by atoms with van der Waals surface area (Å²) in [6.07, 6.45) is 2.13. The van der Waals surface area contributed by atoms with Crippen molar-refractivity contribution < 1.29 is 13.9 Å². The highest BCUT2D eigenvalue weighted by molar-refractivity contribution is 5.95. The van der Waals surface area contributed by atoms with Gasteiger partial charge in [0.25, 0.3) is 0 Å². The number of carbonyl (C=O) groups is 1. The molecular weight excluding hydrogens is 351 g/mol. The number of nitrogens with one attached hydrogen (secondary N) is 1. The lowest BCUT2D eigenvalue weighted by molar-refractivity contribution is 0.0371. The maximum atomic E-state index is 13.7. The number of esters is 1. The van der Waals surface area contributed by atoms with Crippen molar-refractivity contribution in [2.45, 2.75) is 6.10 Å². The summed E-state index contributed by atoms with van der Waals surface area (Å²) >= 11 is 0. The van der Waals surface area contributed by atoms with E-state index in [9.17, 15) is 14.0 Å². The fourth-order valence-corrected chi connectivity index (χ4v) is 2.76. The average Bonchev–Trinajstić information content (AvgIpc) is 3.08. The smallest absolute Gasteiger partial charge is 0.347 e. The minimum absolute atomic E-state index is 0.105. The van der Waals surface area contributed by atoms with Crippen LogP contribution < -0.4 is 5.69 Å². The lowest BCUT2D eigenvalue weighted by Crippen LogP contribution is -2.16. The number of ether oxygens (including phenoxy) is 1. The third-order valence-electron chi connectivity index (χ3n) is 4.00. The Morgan fingerprint density at radius 3 is 2.81 bits per heavy atom. The van der Waals surface area contributed by atoms with E-state index in [0.29, 0.717) is 11.3 Å². The molecule has 27 heavy (non-hydrogen) atoms. The molecule has 0 bridgehead atoms. The van der Waals surface area contributed by atoms with Crippen molar-refractivity contribution in [2.24, 2.45) is 0 Å². The third-order valence-corrected chi connectivity index (χ3v) is 4.00. The molecule has 0 aliphatic heterocycles. The number of hydrogen-bond acceptors (Lipinski definition) is 5. The van der Waals surface area contributed by atoms with Crippen molar-refractivity contribution in [3.8, 4) is 0 Å². The van der Waals surface area contributed by atoms with E-state index >= 15 is 0 Å². The topological polar surface area (TPSA) is 89.3 Å². The summed E-state index contributed by atoms with van der Waals surface area (Å²) in [7, 11) is 0. The Hall–Kier alpha value is -3.81. The number of halogens is 1. The minimum atomic E-state index is -0.916. The van der Waals surface area contributed by atoms with E-state index in [2.05, 4.69) is 15.2 Å². The van der Waals surface area contributed by atoms with Crippen LogP contribution in [0, 0.1) is 5.82 Å². The first-order valence-electron chi connectivity index (χ1n) is 8.06. The summed E-state index contributed by atoms with van der Waals surface area (Å²) in [5.74, 6) is -1.16. The highest BCUT2D eigenvalue weighted by Crippen LogP contribution is 2.26. The molecule has 0 radical (unpaired) electrons. The van der Waals surface area contributed by atoms with E-state index < -0.39 is 23.6 Å². The first kappa shape index (κ1) is 16.6. The van der Waals surface area contributed by atoms with Gasteiger partial charge in [0.1, 0.15) is 11.4 Å². The first-order valence-corrected chi connectivity index (χ1v) is 8.06. The Balaban J connectivity index is 1.75. The first-order chi connectivity index (χ1) is 13.1. The van der Waals surface area contributed by atoms with Crippen LogP contribution in [0.3, 0.4) is 0 Å². The second-order valence-corrected chi connectivity index (χ2v) is 5.74. The molecule has 0 amide bonds. The molecular formula is C19H13FN4O3. The summed E-state index contributed by atoms with van der Waals surface area (Å²) < 4.78 is 20.5. The quantitative estimate of drug-likeness (QED) is 0.562. The molecule has 1 aromatic carbocycles. The number of rotatable bonds is 4. The molecule has 8 heteroatoms. The molecule has 3 aromatic heterocycles. The predicted octanol–water partition coefficient (Wildman–Crippen LogP) is 2.50. The molecule has 0 aliphatic rings. The SMILES string of the molecule is O=C(O[C@@H](c1cccc(F)c1)c1ccccn1)c1cccn2c(=O)[nH]nc12. The standard InChI is InChI=1S/C19H13FN4O3/c20-13-6-3-5-12(11-13)16(15-8-1-2-9-21-15)27-18(25)14-7-4-10-24-17(14)22-23-19(24)26/h1-11,16H,(H,23,26)/t16-/m0/s1. The normalized spacial score (nSPS) is 12.0. The Labute approximate surface area is 152 Å². The molecule has 1 atom stereocenters. The number of aromatic nitrogens is 4. The van der Waals surface area contributed by atoms with E-state index in [4.69, 9.17) is 4.74 Å². The zero-order chi connectivity index (χ0) is 18.8. The van der Waals surface area contributed by atoms with Crippen LogP contribution >= 0.6 is 0 Å². The molecule has 134 valence electrons. The Morgan fingerprint density at radius 2 is 2.04 bits per heavy atom. The zero-order valence-corrected chi connectivity index (χ0v) is 13.9. The second kappa shape index (κ2) is 6.83. The van der Waals surface area contributed by atoms with Gasteiger partial charge in [-0.15, -0.1) is 0 Å². The lowest BCUT2D eigenvalue weighted by atomic mass is 10.1. The number of hydrogen-bond donors (Lipinski definition) is 1. The minimum Gasteiger partial charge on any atom is -0.447 e. The molecule has 4 rings (SSSR count). The van der Waals surface area contributed by atoms with Gasteiger partial charge < -0.3 is 4.74 Å². The highest BCUT2D eigenvalue weighted by atomic mass is 19.1. The van der Waals surface area contributed by atoms with Crippen LogP contribution in [0.15, 0.2) is 71.8 Å². The van der Waals surface area contributed by atoms with Gasteiger partial charge in [-0.05, 0) is 36.4 Å². The number of benzene rings is 1. The van der Waals surface area contributed by atoms with Gasteiger partial charge in [0.2, 0.25) is 0 Å². The highest BCUT2D eigenvalue weighted by Gasteiger charge is 2.23. The average molecular weight is 364 g/mol. The van der Waals surface area contributed by atoms with Gasteiger partial charge in [0.05, 0.1) is 5.69 Å². The number of carbonyl (C=O) groups excluding carboxylic acids is 1. The van der Waals surface area contributed by atoms with Crippen molar-refractivity contribution in [3.05, 3.63) is 100 Å². The van der Waals surface area contributed by atoms with Crippen LogP contribution in [0.25, 0.3) is 5.65 Å². The number of pyridine rings is 2. The maximum Gasteiger partial charge on any atom is 0.347 e. The summed E-state index contributed by atoms with van der Waals surface area (Å²) in [6, 6.07) is 14.0. The van der Waals surface area contributed by atoms with Gasteiger partial charge in [0.15, 0.2) is 11.8 Å². The molecule has 1 N–H and O–H groups in total. The monoisotopic (exact) mass is 364 g/mol. The Bertz CT molecular complexity index is 1170. The van der Waals surface area contributed by atoms with Gasteiger partial charge in [-0.2, -0.15) is 5.10 Å². The van der Waals surface area contributed by atoms with E-state index in [1.165, 1.54) is 34.9 Å². The van der Waals surface area contributed by atoms with Crippen LogP contribution in [-0.4, -0.2) is 25.6 Å². The number of fused-ring (bicyclic) bond motifs is 1. The van der Waals surface area contributed by atoms with Crippen LogP contribution in [-0.2, 0) is 4.74 Å². The molecule has 3 heterocycles. The number of nitrogens with zero attached hydrogens (tertiary/aromatic N) is 3. The zero-order valence-electron chi connectivity index (χ0n) is 13.9. The molecule has 0 saturated carbocycles. The molecule has 0 fully saturated rings.